The number of allylic oxidation sites excluding steroid dienone is 5. The lowest BCUT2D eigenvalue weighted by Crippen LogP contribution is -2.53. The maximum absolute atomic E-state index is 12.8. The zero-order valence-electron chi connectivity index (χ0n) is 22.8. The summed E-state index contributed by atoms with van der Waals surface area (Å²) in [7, 11) is 1.85. The van der Waals surface area contributed by atoms with Crippen molar-refractivity contribution in [1.29, 1.82) is 0 Å². The number of carbonyl (C=O) groups excluding carboxylic acids is 1. The van der Waals surface area contributed by atoms with Crippen molar-refractivity contribution >= 4 is 5.78 Å². The van der Waals surface area contributed by atoms with Crippen LogP contribution in [0.15, 0.2) is 34.9 Å². The van der Waals surface area contributed by atoms with Gasteiger partial charge in [0.2, 0.25) is 0 Å². The highest BCUT2D eigenvalue weighted by atomic mass is 16.5. The lowest BCUT2D eigenvalue weighted by molar-refractivity contribution is -0.138. The van der Waals surface area contributed by atoms with E-state index in [0.29, 0.717) is 23.5 Å². The molecule has 0 aromatic carbocycles. The fourth-order valence-corrected chi connectivity index (χ4v) is 8.89. The largest absolute Gasteiger partial charge is 0.377 e. The maximum Gasteiger partial charge on any atom is 0.138 e. The van der Waals surface area contributed by atoms with Crippen molar-refractivity contribution in [3.63, 3.8) is 0 Å². The van der Waals surface area contributed by atoms with E-state index in [1.807, 2.05) is 7.11 Å². The molecule has 7 atom stereocenters. The van der Waals surface area contributed by atoms with E-state index >= 15 is 0 Å². The number of ketones is 1. The van der Waals surface area contributed by atoms with Crippen LogP contribution in [0.4, 0.5) is 0 Å². The fourth-order valence-electron chi connectivity index (χ4n) is 8.89. The van der Waals surface area contributed by atoms with Gasteiger partial charge in [-0.1, -0.05) is 65.3 Å². The van der Waals surface area contributed by atoms with Gasteiger partial charge < -0.3 is 4.74 Å². The Morgan fingerprint density at radius 3 is 2.45 bits per heavy atom. The molecule has 0 bridgehead atoms. The molecule has 0 saturated heterocycles. The predicted molar refractivity (Wildman–Crippen MR) is 138 cm³/mol. The van der Waals surface area contributed by atoms with E-state index < -0.39 is 0 Å². The lowest BCUT2D eigenvalue weighted by Gasteiger charge is -2.59. The van der Waals surface area contributed by atoms with Crippen molar-refractivity contribution < 1.29 is 9.53 Å². The summed E-state index contributed by atoms with van der Waals surface area (Å²) in [6.07, 6.45) is 15.4. The minimum atomic E-state index is -0.218. The first-order chi connectivity index (χ1) is 15.3. The molecule has 4 rings (SSSR count). The first-order valence-electron chi connectivity index (χ1n) is 13.4. The third-order valence-corrected chi connectivity index (χ3v) is 11.2. The minimum absolute atomic E-state index is 0.139. The van der Waals surface area contributed by atoms with Crippen LogP contribution in [0.25, 0.3) is 0 Å². The molecular formula is C31H48O2. The second-order valence-corrected chi connectivity index (χ2v) is 13.4. The van der Waals surface area contributed by atoms with Crippen LogP contribution in [0.1, 0.15) is 100 Å². The Balaban J connectivity index is 1.66. The summed E-state index contributed by atoms with van der Waals surface area (Å²) in [6, 6.07) is 0. The second-order valence-electron chi connectivity index (χ2n) is 13.4. The van der Waals surface area contributed by atoms with Gasteiger partial charge in [0.25, 0.3) is 0 Å². The van der Waals surface area contributed by atoms with E-state index in [0.717, 1.165) is 25.7 Å². The Labute approximate surface area is 203 Å². The molecule has 0 spiro atoms. The Bertz CT molecular complexity index is 900. The van der Waals surface area contributed by atoms with Crippen LogP contribution in [0.2, 0.25) is 0 Å². The monoisotopic (exact) mass is 452 g/mol. The molecule has 0 aliphatic heterocycles. The third-order valence-electron chi connectivity index (χ3n) is 11.2. The van der Waals surface area contributed by atoms with Crippen molar-refractivity contribution in [2.24, 2.45) is 39.4 Å². The summed E-state index contributed by atoms with van der Waals surface area (Å²) in [5.74, 6) is 2.23. The van der Waals surface area contributed by atoms with Crippen LogP contribution < -0.4 is 0 Å². The van der Waals surface area contributed by atoms with Gasteiger partial charge in [0, 0.05) is 18.9 Å². The Hall–Kier alpha value is -1.15. The number of fused-ring (bicyclic) bond motifs is 5. The number of hydrogen-bond donors (Lipinski definition) is 0. The molecule has 0 amide bonds. The smallest absolute Gasteiger partial charge is 0.138 e. The van der Waals surface area contributed by atoms with Gasteiger partial charge >= 0.3 is 0 Å². The van der Waals surface area contributed by atoms with E-state index in [4.69, 9.17) is 4.74 Å². The zero-order chi connectivity index (χ0) is 24.4. The molecule has 33 heavy (non-hydrogen) atoms. The first-order valence-corrected chi connectivity index (χ1v) is 13.4. The molecule has 0 radical (unpaired) electrons. The van der Waals surface area contributed by atoms with Gasteiger partial charge in [0.15, 0.2) is 0 Å². The van der Waals surface area contributed by atoms with Crippen LogP contribution in [-0.4, -0.2) is 19.0 Å². The second kappa shape index (κ2) is 8.21. The van der Waals surface area contributed by atoms with E-state index in [9.17, 15) is 4.79 Å². The topological polar surface area (TPSA) is 26.3 Å². The number of carbonyl (C=O) groups is 1. The molecule has 2 saturated carbocycles. The van der Waals surface area contributed by atoms with Gasteiger partial charge in [0.05, 0.1) is 6.10 Å². The van der Waals surface area contributed by atoms with E-state index in [-0.39, 0.29) is 27.8 Å². The Morgan fingerprint density at radius 2 is 1.82 bits per heavy atom. The third kappa shape index (κ3) is 3.57. The van der Waals surface area contributed by atoms with Crippen LogP contribution in [0.3, 0.4) is 0 Å². The number of ether oxygens (including phenoxy) is 1. The molecule has 0 aromatic rings. The standard InChI is InChI=1S/C31H48O2/c1-20(2)18-22(33-9)19-21(3)23-12-16-31(8)25-10-11-26-28(4,5)27(32)14-15-29(26,6)24(25)13-17-30(23,31)7/h10,13,18,21-23,26H,11-12,14-17,19H2,1-9H3/t21-,22+,23-,26-,29+,30-,31+/m0/s1. The molecule has 0 aromatic heterocycles. The molecule has 0 unspecified atom stereocenters. The van der Waals surface area contributed by atoms with Gasteiger partial charge in [-0.3, -0.25) is 4.79 Å². The van der Waals surface area contributed by atoms with Crippen molar-refractivity contribution in [3.05, 3.63) is 34.9 Å². The highest BCUT2D eigenvalue weighted by molar-refractivity contribution is 5.86. The summed E-state index contributed by atoms with van der Waals surface area (Å²) in [4.78, 5) is 12.8. The van der Waals surface area contributed by atoms with E-state index in [2.05, 4.69) is 73.6 Å². The van der Waals surface area contributed by atoms with Gasteiger partial charge in [-0.15, -0.1) is 0 Å². The summed E-state index contributed by atoms with van der Waals surface area (Å²) in [5.41, 5.74) is 5.02. The number of rotatable bonds is 5. The van der Waals surface area contributed by atoms with Gasteiger partial charge in [-0.05, 0) is 97.5 Å². The van der Waals surface area contributed by atoms with Crippen LogP contribution in [0.5, 0.6) is 0 Å². The van der Waals surface area contributed by atoms with E-state index in [1.165, 1.54) is 24.8 Å². The first kappa shape index (κ1) is 25.0. The number of methoxy groups -OCH3 is 1. The molecular weight excluding hydrogens is 404 g/mol. The molecule has 184 valence electrons. The van der Waals surface area contributed by atoms with Crippen LogP contribution in [-0.2, 0) is 9.53 Å². The molecule has 4 aliphatic rings. The highest BCUT2D eigenvalue weighted by Crippen LogP contribution is 2.71. The molecule has 2 heteroatoms. The summed E-state index contributed by atoms with van der Waals surface area (Å²) >= 11 is 0. The number of Topliss-reactive ketones (excluding diaryl/α,β-unsaturated/α-hetero) is 1. The fraction of sp³-hybridized carbons (Fsp3) is 0.774. The van der Waals surface area contributed by atoms with Crippen LogP contribution in [0, 0.1) is 39.4 Å². The quantitative estimate of drug-likeness (QED) is 0.394. The maximum atomic E-state index is 12.8. The Kier molecular flexibility index (Phi) is 6.21. The van der Waals surface area contributed by atoms with E-state index in [1.54, 1.807) is 11.1 Å². The van der Waals surface area contributed by atoms with Gasteiger partial charge in [-0.2, -0.15) is 0 Å². The molecule has 2 nitrogen and oxygen atoms in total. The summed E-state index contributed by atoms with van der Waals surface area (Å²) < 4.78 is 5.84. The predicted octanol–water partition coefficient (Wildman–Crippen LogP) is 8.09. The lowest BCUT2D eigenvalue weighted by atomic mass is 9.44. The van der Waals surface area contributed by atoms with Crippen molar-refractivity contribution in [3.8, 4) is 0 Å². The van der Waals surface area contributed by atoms with Crippen LogP contribution >= 0.6 is 0 Å². The van der Waals surface area contributed by atoms with Gasteiger partial charge in [0.1, 0.15) is 5.78 Å². The number of hydrogen-bond acceptors (Lipinski definition) is 2. The van der Waals surface area contributed by atoms with Crippen molar-refractivity contribution in [2.75, 3.05) is 7.11 Å². The summed E-state index contributed by atoms with van der Waals surface area (Å²) in [5, 5.41) is 0. The van der Waals surface area contributed by atoms with Crippen molar-refractivity contribution in [2.45, 2.75) is 106 Å². The summed E-state index contributed by atoms with van der Waals surface area (Å²) in [6.45, 7) is 18.9. The average molecular weight is 453 g/mol. The normalized spacial score (nSPS) is 41.2. The molecule has 4 aliphatic carbocycles. The SMILES string of the molecule is CO[C@H](C=C(C)C)C[C@H](C)[C@@H]1CC[C@]2(C)C3=CC[C@H]4C(C)(C)C(=O)CC[C@]4(C)C3=CC[C@@]12C. The molecule has 0 N–H and O–H groups in total. The van der Waals surface area contributed by atoms with Gasteiger partial charge in [-0.25, -0.2) is 0 Å². The average Bonchev–Trinajstić information content (AvgIpc) is 3.02. The minimum Gasteiger partial charge on any atom is -0.377 e. The van der Waals surface area contributed by atoms with Crippen molar-refractivity contribution in [1.82, 2.24) is 0 Å². The molecule has 0 heterocycles. The Morgan fingerprint density at radius 1 is 1.12 bits per heavy atom. The highest BCUT2D eigenvalue weighted by Gasteiger charge is 2.63. The zero-order valence-corrected chi connectivity index (χ0v) is 22.8. The molecule has 2 fully saturated rings.